The number of carbonyl (C=O) groups excluding carboxylic acids is 3. The first-order chi connectivity index (χ1) is 12.9. The molecule has 10 nitrogen and oxygen atoms in total. The Morgan fingerprint density at radius 1 is 0.929 bits per heavy atom. The van der Waals surface area contributed by atoms with E-state index in [1.54, 1.807) is 6.92 Å². The number of nitrogens with one attached hydrogen (secondary N) is 3. The average Bonchev–Trinajstić information content (AvgIpc) is 2.62. The van der Waals surface area contributed by atoms with Gasteiger partial charge in [-0.3, -0.25) is 14.4 Å². The van der Waals surface area contributed by atoms with Crippen molar-refractivity contribution in [3.05, 3.63) is 0 Å². The van der Waals surface area contributed by atoms with E-state index in [0.29, 0.717) is 6.42 Å². The molecule has 3 amide bonds. The van der Waals surface area contributed by atoms with Crippen LogP contribution in [0.2, 0.25) is 0 Å². The predicted octanol–water partition coefficient (Wildman–Crippen LogP) is -1.04. The summed E-state index contributed by atoms with van der Waals surface area (Å²) in [6, 6.07) is -4.17. The van der Waals surface area contributed by atoms with Crippen LogP contribution < -0.4 is 21.7 Å². The predicted molar refractivity (Wildman–Crippen MR) is 103 cm³/mol. The smallest absolute Gasteiger partial charge is 0.326 e. The van der Waals surface area contributed by atoms with Crippen LogP contribution in [0.1, 0.15) is 47.5 Å². The average molecular weight is 402 g/mol. The number of carboxylic acids is 1. The summed E-state index contributed by atoms with van der Waals surface area (Å²) >= 11 is 0. The van der Waals surface area contributed by atoms with Gasteiger partial charge in [0, 0.05) is 0 Å². The molecule has 28 heavy (non-hydrogen) atoms. The summed E-state index contributed by atoms with van der Waals surface area (Å²) in [5, 5.41) is 25.6. The maximum Gasteiger partial charge on any atom is 0.326 e. The minimum Gasteiger partial charge on any atom is -0.480 e. The number of nitrogens with two attached hydrogens (primary N) is 1. The van der Waals surface area contributed by atoms with Crippen molar-refractivity contribution in [3.63, 3.8) is 0 Å². The van der Waals surface area contributed by atoms with Crippen molar-refractivity contribution in [2.45, 2.75) is 71.6 Å². The van der Waals surface area contributed by atoms with Crippen LogP contribution in [0.15, 0.2) is 0 Å². The lowest BCUT2D eigenvalue weighted by Gasteiger charge is -2.27. The maximum absolute atomic E-state index is 12.6. The molecule has 0 bridgehead atoms. The van der Waals surface area contributed by atoms with Crippen molar-refractivity contribution in [2.24, 2.45) is 17.6 Å². The highest BCUT2D eigenvalue weighted by Crippen LogP contribution is 2.11. The SMILES string of the molecule is CCC(C)C(NC(=O)C(C)NC(=O)C(N)CO)C(=O)NC(CC(C)C)C(=O)O. The largest absolute Gasteiger partial charge is 0.480 e. The third kappa shape index (κ3) is 8.66. The number of amides is 3. The lowest BCUT2D eigenvalue weighted by atomic mass is 9.96. The van der Waals surface area contributed by atoms with Crippen LogP contribution in [0.3, 0.4) is 0 Å². The zero-order valence-corrected chi connectivity index (χ0v) is 17.2. The first-order valence-corrected chi connectivity index (χ1v) is 9.44. The van der Waals surface area contributed by atoms with Crippen molar-refractivity contribution >= 4 is 23.7 Å². The van der Waals surface area contributed by atoms with Gasteiger partial charge in [-0.25, -0.2) is 4.79 Å². The molecule has 0 aliphatic rings. The van der Waals surface area contributed by atoms with E-state index in [2.05, 4.69) is 16.0 Å². The standard InChI is InChI=1S/C18H34N4O6/c1-6-10(4)14(17(26)21-13(18(27)28)7-9(2)3)22-15(24)11(5)20-16(25)12(19)8-23/h9-14,23H,6-8,19H2,1-5H3,(H,20,25)(H,21,26)(H,22,24)(H,27,28). The highest BCUT2D eigenvalue weighted by Gasteiger charge is 2.31. The monoisotopic (exact) mass is 402 g/mol. The fraction of sp³-hybridized carbons (Fsp3) is 0.778. The number of aliphatic hydroxyl groups excluding tert-OH is 1. The second-order valence-electron chi connectivity index (χ2n) is 7.42. The molecule has 0 heterocycles. The number of aliphatic hydroxyl groups is 1. The van der Waals surface area contributed by atoms with Crippen LogP contribution in [0.5, 0.6) is 0 Å². The Kier molecular flexibility index (Phi) is 11.3. The Balaban J connectivity index is 5.16. The van der Waals surface area contributed by atoms with Crippen LogP contribution in [0, 0.1) is 11.8 Å². The zero-order chi connectivity index (χ0) is 22.0. The molecule has 7 N–H and O–H groups in total. The van der Waals surface area contributed by atoms with Gasteiger partial charge in [-0.2, -0.15) is 0 Å². The molecule has 5 atom stereocenters. The molecule has 0 aromatic heterocycles. The van der Waals surface area contributed by atoms with Crippen LogP contribution in [-0.2, 0) is 19.2 Å². The fourth-order valence-corrected chi connectivity index (χ4v) is 2.40. The Labute approximate surface area is 165 Å². The van der Waals surface area contributed by atoms with E-state index in [0.717, 1.165) is 0 Å². The van der Waals surface area contributed by atoms with Gasteiger partial charge in [-0.15, -0.1) is 0 Å². The topological polar surface area (TPSA) is 171 Å². The first kappa shape index (κ1) is 25.8. The number of hydrogen-bond donors (Lipinski definition) is 6. The third-order valence-corrected chi connectivity index (χ3v) is 4.40. The van der Waals surface area contributed by atoms with E-state index in [1.807, 2.05) is 20.8 Å². The number of carbonyl (C=O) groups is 4. The number of hydrogen-bond acceptors (Lipinski definition) is 6. The summed E-state index contributed by atoms with van der Waals surface area (Å²) in [7, 11) is 0. The zero-order valence-electron chi connectivity index (χ0n) is 17.2. The number of aliphatic carboxylic acids is 1. The highest BCUT2D eigenvalue weighted by molar-refractivity contribution is 5.94. The summed E-state index contributed by atoms with van der Waals surface area (Å²) in [6.07, 6.45) is 0.824. The molecule has 0 fully saturated rings. The van der Waals surface area contributed by atoms with Gasteiger partial charge in [0.1, 0.15) is 24.2 Å². The molecular formula is C18H34N4O6. The van der Waals surface area contributed by atoms with Gasteiger partial charge >= 0.3 is 5.97 Å². The quantitative estimate of drug-likeness (QED) is 0.242. The Bertz CT molecular complexity index is 554. The molecule has 0 radical (unpaired) electrons. The van der Waals surface area contributed by atoms with Gasteiger partial charge in [0.05, 0.1) is 6.61 Å². The molecule has 0 saturated heterocycles. The van der Waals surface area contributed by atoms with Crippen molar-refractivity contribution in [1.29, 1.82) is 0 Å². The molecule has 0 spiro atoms. The fourth-order valence-electron chi connectivity index (χ4n) is 2.40. The van der Waals surface area contributed by atoms with E-state index in [1.165, 1.54) is 6.92 Å². The molecule has 0 rings (SSSR count). The Morgan fingerprint density at radius 3 is 1.93 bits per heavy atom. The van der Waals surface area contributed by atoms with Crippen LogP contribution >= 0.6 is 0 Å². The Morgan fingerprint density at radius 2 is 1.50 bits per heavy atom. The molecule has 0 aromatic carbocycles. The molecule has 5 unspecified atom stereocenters. The van der Waals surface area contributed by atoms with E-state index >= 15 is 0 Å². The van der Waals surface area contributed by atoms with Gasteiger partial charge in [-0.05, 0) is 25.2 Å². The summed E-state index contributed by atoms with van der Waals surface area (Å²) in [5.41, 5.74) is 5.39. The van der Waals surface area contributed by atoms with Crippen molar-refractivity contribution in [2.75, 3.05) is 6.61 Å². The molecule has 0 saturated carbocycles. The summed E-state index contributed by atoms with van der Waals surface area (Å²) in [5.74, 6) is -3.26. The maximum atomic E-state index is 12.6. The van der Waals surface area contributed by atoms with Gasteiger partial charge in [0.2, 0.25) is 17.7 Å². The summed E-state index contributed by atoms with van der Waals surface area (Å²) in [6.45, 7) is 8.14. The summed E-state index contributed by atoms with van der Waals surface area (Å²) in [4.78, 5) is 48.1. The first-order valence-electron chi connectivity index (χ1n) is 9.44. The number of carboxylic acid groups (broad SMARTS) is 1. The van der Waals surface area contributed by atoms with Gasteiger partial charge in [0.15, 0.2) is 0 Å². The molecular weight excluding hydrogens is 368 g/mol. The normalized spacial score (nSPS) is 16.4. The lowest BCUT2D eigenvalue weighted by Crippen LogP contribution is -2.58. The summed E-state index contributed by atoms with van der Waals surface area (Å²) < 4.78 is 0. The molecule has 0 aromatic rings. The van der Waals surface area contributed by atoms with Gasteiger partial charge < -0.3 is 31.9 Å². The second-order valence-corrected chi connectivity index (χ2v) is 7.42. The molecule has 162 valence electrons. The van der Waals surface area contributed by atoms with Crippen molar-refractivity contribution in [3.8, 4) is 0 Å². The molecule has 0 aliphatic carbocycles. The Hall–Kier alpha value is -2.20. The highest BCUT2D eigenvalue weighted by atomic mass is 16.4. The van der Waals surface area contributed by atoms with Crippen LogP contribution in [-0.4, -0.2) is 64.7 Å². The van der Waals surface area contributed by atoms with E-state index in [-0.39, 0.29) is 18.3 Å². The van der Waals surface area contributed by atoms with Crippen LogP contribution in [0.25, 0.3) is 0 Å². The van der Waals surface area contributed by atoms with E-state index in [4.69, 9.17) is 10.8 Å². The second kappa shape index (κ2) is 12.3. The van der Waals surface area contributed by atoms with E-state index in [9.17, 15) is 24.3 Å². The lowest BCUT2D eigenvalue weighted by molar-refractivity contribution is -0.143. The van der Waals surface area contributed by atoms with Crippen molar-refractivity contribution in [1.82, 2.24) is 16.0 Å². The number of rotatable bonds is 12. The van der Waals surface area contributed by atoms with E-state index < -0.39 is 54.5 Å². The van der Waals surface area contributed by atoms with Crippen molar-refractivity contribution < 1.29 is 29.4 Å². The molecule has 0 aliphatic heterocycles. The minimum atomic E-state index is -1.16. The van der Waals surface area contributed by atoms with Gasteiger partial charge in [0.25, 0.3) is 0 Å². The van der Waals surface area contributed by atoms with Crippen LogP contribution in [0.4, 0.5) is 0 Å². The third-order valence-electron chi connectivity index (χ3n) is 4.40. The molecule has 10 heteroatoms. The van der Waals surface area contributed by atoms with Gasteiger partial charge in [-0.1, -0.05) is 34.1 Å². The minimum absolute atomic E-state index is 0.0593.